The molecule has 0 bridgehead atoms. The van der Waals surface area contributed by atoms with E-state index in [0.29, 0.717) is 18.9 Å². The number of halogens is 1. The quantitative estimate of drug-likeness (QED) is 0.460. The lowest BCUT2D eigenvalue weighted by Crippen LogP contribution is -2.34. The van der Waals surface area contributed by atoms with Gasteiger partial charge in [0.05, 0.1) is 0 Å². The summed E-state index contributed by atoms with van der Waals surface area (Å²) in [6.45, 7) is 9.07. The Balaban J connectivity index is 1.69. The van der Waals surface area contributed by atoms with Gasteiger partial charge in [-0.3, -0.25) is 4.79 Å². The number of hydrogen-bond acceptors (Lipinski definition) is 4. The predicted octanol–water partition coefficient (Wildman–Crippen LogP) is 5.55. The molecule has 0 unspecified atom stereocenters. The molecule has 32 heavy (non-hydrogen) atoms. The minimum absolute atomic E-state index is 0.119. The molecule has 174 valence electrons. The summed E-state index contributed by atoms with van der Waals surface area (Å²) in [6.07, 6.45) is 3.47. The van der Waals surface area contributed by atoms with Crippen molar-refractivity contribution in [3.05, 3.63) is 59.9 Å². The first-order chi connectivity index (χ1) is 14.9. The Kier molecular flexibility index (Phi) is 7.28. The van der Waals surface area contributed by atoms with Gasteiger partial charge in [-0.25, -0.2) is 4.39 Å². The average molecular weight is 462 g/mol. The fraction of sp³-hybridized carbons (Fsp3) is 0.480. The van der Waals surface area contributed by atoms with Crippen molar-refractivity contribution >= 4 is 16.0 Å². The van der Waals surface area contributed by atoms with Gasteiger partial charge in [-0.05, 0) is 72.6 Å². The van der Waals surface area contributed by atoms with Crippen LogP contribution in [0.3, 0.4) is 0 Å². The minimum Gasteiger partial charge on any atom is -0.379 e. The van der Waals surface area contributed by atoms with E-state index >= 15 is 0 Å². The lowest BCUT2D eigenvalue weighted by atomic mass is 9.84. The molecule has 0 aliphatic heterocycles. The second kappa shape index (κ2) is 9.61. The molecular formula is C25H32FNO4S. The van der Waals surface area contributed by atoms with Crippen molar-refractivity contribution in [2.24, 2.45) is 11.3 Å². The number of rotatable bonds is 9. The lowest BCUT2D eigenvalue weighted by Gasteiger charge is -2.27. The highest BCUT2D eigenvalue weighted by atomic mass is 32.2. The SMILES string of the molecule is C[C@@H](CC(=O)N(Cc1cccc(OS(=O)(=O)c2ccc(F)cc2)c1)C1CC1)CC(C)(C)C. The van der Waals surface area contributed by atoms with E-state index in [2.05, 4.69) is 27.7 Å². The Morgan fingerprint density at radius 2 is 1.81 bits per heavy atom. The van der Waals surface area contributed by atoms with Crippen LogP contribution in [0.5, 0.6) is 5.75 Å². The van der Waals surface area contributed by atoms with Gasteiger partial charge in [-0.15, -0.1) is 0 Å². The third kappa shape index (κ3) is 7.05. The number of benzene rings is 2. The summed E-state index contributed by atoms with van der Waals surface area (Å²) in [6, 6.07) is 11.5. The number of hydrogen-bond donors (Lipinski definition) is 0. The fourth-order valence-corrected chi connectivity index (χ4v) is 4.93. The summed E-state index contributed by atoms with van der Waals surface area (Å²) >= 11 is 0. The summed E-state index contributed by atoms with van der Waals surface area (Å²) in [7, 11) is -4.08. The average Bonchev–Trinajstić information content (AvgIpc) is 3.49. The third-order valence-electron chi connectivity index (χ3n) is 5.35. The van der Waals surface area contributed by atoms with Crippen molar-refractivity contribution in [3.8, 4) is 5.75 Å². The van der Waals surface area contributed by atoms with Gasteiger partial charge in [0.25, 0.3) is 0 Å². The lowest BCUT2D eigenvalue weighted by molar-refractivity contribution is -0.133. The molecule has 1 atom stereocenters. The first-order valence-electron chi connectivity index (χ1n) is 11.0. The standard InChI is InChI=1S/C25H32FNO4S/c1-18(16-25(2,3)4)14-24(28)27(21-10-11-21)17-19-6-5-7-22(15-19)31-32(29,30)23-12-8-20(26)9-13-23/h5-9,12-13,15,18,21H,10-11,14,16-17H2,1-4H3/t18-/m0/s1. The van der Waals surface area contributed by atoms with E-state index in [0.717, 1.165) is 37.0 Å². The molecule has 0 radical (unpaired) electrons. The van der Waals surface area contributed by atoms with Crippen molar-refractivity contribution in [2.45, 2.75) is 70.9 Å². The summed E-state index contributed by atoms with van der Waals surface area (Å²) in [5.74, 6) is 0.0671. The largest absolute Gasteiger partial charge is 0.379 e. The third-order valence-corrected chi connectivity index (χ3v) is 6.61. The first-order valence-corrected chi connectivity index (χ1v) is 12.4. The van der Waals surface area contributed by atoms with Gasteiger partial charge in [-0.1, -0.05) is 39.8 Å². The van der Waals surface area contributed by atoms with Gasteiger partial charge in [-0.2, -0.15) is 8.42 Å². The second-order valence-electron chi connectivity index (χ2n) is 9.97. The van der Waals surface area contributed by atoms with Crippen molar-refractivity contribution < 1.29 is 21.8 Å². The molecule has 1 saturated carbocycles. The summed E-state index contributed by atoms with van der Waals surface area (Å²) in [4.78, 5) is 14.8. The molecule has 0 spiro atoms. The zero-order valence-electron chi connectivity index (χ0n) is 19.2. The molecule has 1 amide bonds. The van der Waals surface area contributed by atoms with Crippen LogP contribution >= 0.6 is 0 Å². The van der Waals surface area contributed by atoms with E-state index in [9.17, 15) is 17.6 Å². The van der Waals surface area contributed by atoms with Crippen LogP contribution in [-0.2, 0) is 21.5 Å². The molecule has 3 rings (SSSR count). The maximum Gasteiger partial charge on any atom is 0.339 e. The maximum absolute atomic E-state index is 13.1. The van der Waals surface area contributed by atoms with Gasteiger partial charge in [0, 0.05) is 19.0 Å². The van der Waals surface area contributed by atoms with Gasteiger partial charge in [0.2, 0.25) is 5.91 Å². The number of carbonyl (C=O) groups excluding carboxylic acids is 1. The van der Waals surface area contributed by atoms with Crippen LogP contribution in [0.1, 0.15) is 58.9 Å². The van der Waals surface area contributed by atoms with Crippen LogP contribution in [0.15, 0.2) is 53.4 Å². The van der Waals surface area contributed by atoms with Crippen LogP contribution in [-0.4, -0.2) is 25.3 Å². The van der Waals surface area contributed by atoms with Gasteiger partial charge in [0.15, 0.2) is 0 Å². The Bertz CT molecular complexity index is 1040. The predicted molar refractivity (Wildman–Crippen MR) is 122 cm³/mol. The molecular weight excluding hydrogens is 429 g/mol. The second-order valence-corrected chi connectivity index (χ2v) is 11.5. The first kappa shape index (κ1) is 24.2. The van der Waals surface area contributed by atoms with Crippen LogP contribution in [0.25, 0.3) is 0 Å². The molecule has 0 heterocycles. The Morgan fingerprint density at radius 3 is 2.41 bits per heavy atom. The van der Waals surface area contributed by atoms with Crippen LogP contribution in [0.4, 0.5) is 4.39 Å². The van der Waals surface area contributed by atoms with Gasteiger partial charge >= 0.3 is 10.1 Å². The maximum atomic E-state index is 13.1. The van der Waals surface area contributed by atoms with Crippen molar-refractivity contribution in [2.75, 3.05) is 0 Å². The van der Waals surface area contributed by atoms with Crippen LogP contribution in [0, 0.1) is 17.2 Å². The normalized spacial score (nSPS) is 15.3. The Hall–Kier alpha value is -2.41. The highest BCUT2D eigenvalue weighted by Crippen LogP contribution is 2.32. The van der Waals surface area contributed by atoms with E-state index in [4.69, 9.17) is 4.18 Å². The summed E-state index contributed by atoms with van der Waals surface area (Å²) in [5, 5.41) is 0. The monoisotopic (exact) mass is 461 g/mol. The molecule has 5 nitrogen and oxygen atoms in total. The fourth-order valence-electron chi connectivity index (χ4n) is 4.01. The highest BCUT2D eigenvalue weighted by Gasteiger charge is 2.33. The minimum atomic E-state index is -4.08. The van der Waals surface area contributed by atoms with Crippen molar-refractivity contribution in [1.82, 2.24) is 4.90 Å². The zero-order chi connectivity index (χ0) is 23.5. The molecule has 0 aromatic heterocycles. The van der Waals surface area contributed by atoms with E-state index in [1.165, 1.54) is 12.1 Å². The molecule has 1 aliphatic carbocycles. The molecule has 2 aromatic carbocycles. The smallest absolute Gasteiger partial charge is 0.339 e. The molecule has 7 heteroatoms. The number of carbonyl (C=O) groups is 1. The van der Waals surface area contributed by atoms with Crippen molar-refractivity contribution in [3.63, 3.8) is 0 Å². The number of nitrogens with zero attached hydrogens (tertiary/aromatic N) is 1. The molecule has 1 fully saturated rings. The molecule has 1 aliphatic rings. The molecule has 0 N–H and O–H groups in total. The van der Waals surface area contributed by atoms with E-state index in [1.54, 1.807) is 18.2 Å². The van der Waals surface area contributed by atoms with Crippen molar-refractivity contribution in [1.29, 1.82) is 0 Å². The molecule has 0 saturated heterocycles. The summed E-state index contributed by atoms with van der Waals surface area (Å²) in [5.41, 5.74) is 0.978. The van der Waals surface area contributed by atoms with Crippen LogP contribution in [0.2, 0.25) is 0 Å². The zero-order valence-corrected chi connectivity index (χ0v) is 20.0. The topological polar surface area (TPSA) is 63.7 Å². The summed E-state index contributed by atoms with van der Waals surface area (Å²) < 4.78 is 43.4. The van der Waals surface area contributed by atoms with Gasteiger partial charge in [0.1, 0.15) is 16.5 Å². The Labute approximate surface area is 190 Å². The molecule has 2 aromatic rings. The van der Waals surface area contributed by atoms with Gasteiger partial charge < -0.3 is 9.08 Å². The highest BCUT2D eigenvalue weighted by molar-refractivity contribution is 7.87. The number of amides is 1. The van der Waals surface area contributed by atoms with E-state index < -0.39 is 15.9 Å². The Morgan fingerprint density at radius 1 is 1.16 bits per heavy atom. The van der Waals surface area contributed by atoms with E-state index in [1.807, 2.05) is 11.0 Å². The van der Waals surface area contributed by atoms with E-state index in [-0.39, 0.29) is 28.0 Å². The van der Waals surface area contributed by atoms with Crippen LogP contribution < -0.4 is 4.18 Å².